The van der Waals surface area contributed by atoms with Crippen molar-refractivity contribution in [1.82, 2.24) is 0 Å². The summed E-state index contributed by atoms with van der Waals surface area (Å²) in [5, 5.41) is 0. The summed E-state index contributed by atoms with van der Waals surface area (Å²) in [5.74, 6) is -0.645. The molecule has 0 spiro atoms. The monoisotopic (exact) mass is 310 g/mol. The van der Waals surface area contributed by atoms with Crippen LogP contribution in [0.3, 0.4) is 0 Å². The van der Waals surface area contributed by atoms with Crippen LogP contribution in [0.4, 0.5) is 13.2 Å². The Balaban J connectivity index is 3.23. The number of Topliss-reactive ketones (excluding diaryl/α,β-unsaturated/α-hetero) is 1. The molecule has 0 aliphatic rings. The van der Waals surface area contributed by atoms with Crippen molar-refractivity contribution in [2.45, 2.75) is 17.9 Å². The number of benzene rings is 1. The fourth-order valence-electron chi connectivity index (χ4n) is 1.31. The Kier molecular flexibility index (Phi) is 4.19. The molecule has 0 radical (unpaired) electrons. The number of hydrogen-bond acceptors (Lipinski definition) is 2. The Morgan fingerprint density at radius 2 is 2.00 bits per heavy atom. The van der Waals surface area contributed by atoms with Crippen LogP contribution in [0.15, 0.2) is 18.2 Å². The zero-order valence-corrected chi connectivity index (χ0v) is 10.7. The molecule has 1 atom stereocenters. The van der Waals surface area contributed by atoms with Crippen molar-refractivity contribution in [1.29, 1.82) is 0 Å². The fourth-order valence-corrected chi connectivity index (χ4v) is 1.57. The number of alkyl halides is 4. The summed E-state index contributed by atoms with van der Waals surface area (Å²) in [6, 6.07) is 3.09. The van der Waals surface area contributed by atoms with Crippen molar-refractivity contribution < 1.29 is 22.7 Å². The van der Waals surface area contributed by atoms with Crippen LogP contribution in [-0.2, 0) is 6.18 Å². The number of rotatable bonds is 3. The second-order valence-corrected chi connectivity index (χ2v) is 4.77. The number of carbonyl (C=O) groups excluding carboxylic acids is 1. The molecular formula is C11H10BrF3O2. The predicted octanol–water partition coefficient (Wildman–Crippen LogP) is 3.68. The zero-order chi connectivity index (χ0) is 13.2. The number of halogens is 4. The van der Waals surface area contributed by atoms with Crippen LogP contribution >= 0.6 is 15.9 Å². The normalized spacial score (nSPS) is 13.3. The molecule has 0 amide bonds. The summed E-state index contributed by atoms with van der Waals surface area (Å²) < 4.78 is 42.3. The Morgan fingerprint density at radius 1 is 1.41 bits per heavy atom. The molecule has 0 saturated heterocycles. The second-order valence-electron chi connectivity index (χ2n) is 3.39. The molecule has 1 unspecified atom stereocenters. The number of carbonyl (C=O) groups is 1. The molecule has 17 heavy (non-hydrogen) atoms. The number of methoxy groups -OCH3 is 1. The average molecular weight is 311 g/mol. The Bertz CT molecular complexity index is 427. The van der Waals surface area contributed by atoms with E-state index >= 15 is 0 Å². The minimum atomic E-state index is -4.49. The van der Waals surface area contributed by atoms with E-state index in [9.17, 15) is 18.0 Å². The van der Waals surface area contributed by atoms with Gasteiger partial charge in [0.25, 0.3) is 0 Å². The van der Waals surface area contributed by atoms with E-state index in [0.29, 0.717) is 0 Å². The highest BCUT2D eigenvalue weighted by molar-refractivity contribution is 9.10. The third-order valence-corrected chi connectivity index (χ3v) is 2.57. The van der Waals surface area contributed by atoms with Crippen LogP contribution < -0.4 is 4.74 Å². The molecule has 0 N–H and O–H groups in total. The molecule has 0 heterocycles. The molecule has 94 valence electrons. The summed E-state index contributed by atoms with van der Waals surface area (Å²) in [6.45, 7) is 1.60. The van der Waals surface area contributed by atoms with Crippen LogP contribution in [0.2, 0.25) is 0 Å². The minimum Gasteiger partial charge on any atom is -0.496 e. The lowest BCUT2D eigenvalue weighted by Crippen LogP contribution is -2.12. The van der Waals surface area contributed by atoms with Gasteiger partial charge in [0.05, 0.1) is 17.5 Å². The number of ketones is 1. The van der Waals surface area contributed by atoms with E-state index in [0.717, 1.165) is 25.3 Å². The zero-order valence-electron chi connectivity index (χ0n) is 9.14. The smallest absolute Gasteiger partial charge is 0.419 e. The summed E-state index contributed by atoms with van der Waals surface area (Å²) in [5.41, 5.74) is -0.710. The second kappa shape index (κ2) is 5.08. The van der Waals surface area contributed by atoms with Gasteiger partial charge in [0.1, 0.15) is 5.75 Å². The summed E-state index contributed by atoms with van der Waals surface area (Å²) in [6.07, 6.45) is -4.49. The van der Waals surface area contributed by atoms with E-state index in [2.05, 4.69) is 20.7 Å². The third kappa shape index (κ3) is 3.21. The first kappa shape index (κ1) is 14.0. The molecule has 1 aromatic rings. The SMILES string of the molecule is COc1cc(C(=O)C(C)Br)ccc1C(F)(F)F. The molecule has 0 aromatic heterocycles. The van der Waals surface area contributed by atoms with Gasteiger partial charge in [-0.1, -0.05) is 22.0 Å². The summed E-state index contributed by atoms with van der Waals surface area (Å²) >= 11 is 3.07. The number of hydrogen-bond donors (Lipinski definition) is 0. The van der Waals surface area contributed by atoms with E-state index in [1.165, 1.54) is 0 Å². The highest BCUT2D eigenvalue weighted by Crippen LogP contribution is 2.36. The molecule has 6 heteroatoms. The average Bonchev–Trinajstić information content (AvgIpc) is 2.25. The van der Waals surface area contributed by atoms with Crippen LogP contribution in [0, 0.1) is 0 Å². The van der Waals surface area contributed by atoms with Gasteiger partial charge in [-0.2, -0.15) is 13.2 Å². The highest BCUT2D eigenvalue weighted by Gasteiger charge is 2.34. The topological polar surface area (TPSA) is 26.3 Å². The first-order chi connectivity index (χ1) is 7.77. The van der Waals surface area contributed by atoms with Crippen molar-refractivity contribution >= 4 is 21.7 Å². The van der Waals surface area contributed by atoms with Gasteiger partial charge in [-0.3, -0.25) is 4.79 Å². The molecule has 0 fully saturated rings. The van der Waals surface area contributed by atoms with Gasteiger partial charge in [0, 0.05) is 5.56 Å². The molecule has 1 rings (SSSR count). The van der Waals surface area contributed by atoms with Crippen molar-refractivity contribution in [2.75, 3.05) is 7.11 Å². The Labute approximate surface area is 105 Å². The Hall–Kier alpha value is -1.04. The van der Waals surface area contributed by atoms with E-state index in [1.807, 2.05) is 0 Å². The van der Waals surface area contributed by atoms with E-state index in [1.54, 1.807) is 6.92 Å². The predicted molar refractivity (Wildman–Crippen MR) is 60.7 cm³/mol. The summed E-state index contributed by atoms with van der Waals surface area (Å²) in [4.78, 5) is 11.1. The van der Waals surface area contributed by atoms with E-state index in [4.69, 9.17) is 0 Å². The van der Waals surface area contributed by atoms with Gasteiger partial charge in [0.2, 0.25) is 0 Å². The minimum absolute atomic E-state index is 0.180. The van der Waals surface area contributed by atoms with Gasteiger partial charge in [-0.05, 0) is 19.1 Å². The molecule has 2 nitrogen and oxygen atoms in total. The lowest BCUT2D eigenvalue weighted by atomic mass is 10.1. The van der Waals surface area contributed by atoms with Crippen molar-refractivity contribution in [3.63, 3.8) is 0 Å². The molecule has 0 saturated carbocycles. The van der Waals surface area contributed by atoms with Gasteiger partial charge in [-0.25, -0.2) is 0 Å². The summed E-state index contributed by atoms with van der Waals surface area (Å²) in [7, 11) is 1.14. The molecule has 1 aromatic carbocycles. The van der Waals surface area contributed by atoms with Gasteiger partial charge >= 0.3 is 6.18 Å². The van der Waals surface area contributed by atoms with Crippen LogP contribution in [0.25, 0.3) is 0 Å². The van der Waals surface area contributed by atoms with E-state index < -0.39 is 16.6 Å². The third-order valence-electron chi connectivity index (χ3n) is 2.15. The van der Waals surface area contributed by atoms with Crippen LogP contribution in [0.5, 0.6) is 5.75 Å². The van der Waals surface area contributed by atoms with Crippen LogP contribution in [-0.4, -0.2) is 17.7 Å². The van der Waals surface area contributed by atoms with Gasteiger partial charge in [0.15, 0.2) is 5.78 Å². The van der Waals surface area contributed by atoms with Gasteiger partial charge in [-0.15, -0.1) is 0 Å². The highest BCUT2D eigenvalue weighted by atomic mass is 79.9. The Morgan fingerprint density at radius 3 is 2.41 bits per heavy atom. The standard InChI is InChI=1S/C11H10BrF3O2/c1-6(12)10(16)7-3-4-8(11(13,14)15)9(5-7)17-2/h3-6H,1-2H3. The molecule has 0 aliphatic carbocycles. The maximum Gasteiger partial charge on any atom is 0.419 e. The van der Waals surface area contributed by atoms with Crippen molar-refractivity contribution in [2.24, 2.45) is 0 Å². The lowest BCUT2D eigenvalue weighted by Gasteiger charge is -2.13. The molecule has 0 bridgehead atoms. The fraction of sp³-hybridized carbons (Fsp3) is 0.364. The lowest BCUT2D eigenvalue weighted by molar-refractivity contribution is -0.138. The van der Waals surface area contributed by atoms with Crippen molar-refractivity contribution in [3.8, 4) is 5.75 Å². The maximum absolute atomic E-state index is 12.6. The first-order valence-corrected chi connectivity index (χ1v) is 5.62. The molecular weight excluding hydrogens is 301 g/mol. The van der Waals surface area contributed by atoms with Crippen LogP contribution in [0.1, 0.15) is 22.8 Å². The largest absolute Gasteiger partial charge is 0.496 e. The van der Waals surface area contributed by atoms with E-state index in [-0.39, 0.29) is 17.1 Å². The number of ether oxygens (including phenoxy) is 1. The van der Waals surface area contributed by atoms with Crippen molar-refractivity contribution in [3.05, 3.63) is 29.3 Å². The molecule has 0 aliphatic heterocycles. The quantitative estimate of drug-likeness (QED) is 0.629. The maximum atomic E-state index is 12.6. The van der Waals surface area contributed by atoms with Gasteiger partial charge < -0.3 is 4.74 Å². The first-order valence-electron chi connectivity index (χ1n) is 4.71.